The van der Waals surface area contributed by atoms with Gasteiger partial charge in [0.05, 0.1) is 13.2 Å². The lowest BCUT2D eigenvalue weighted by Gasteiger charge is -2.50. The van der Waals surface area contributed by atoms with Crippen LogP contribution in [0.2, 0.25) is 0 Å². The van der Waals surface area contributed by atoms with E-state index in [1.165, 1.54) is 48.5 Å². The van der Waals surface area contributed by atoms with Crippen LogP contribution in [0.25, 0.3) is 6.08 Å². The third-order valence-electron chi connectivity index (χ3n) is 9.26. The fourth-order valence-electron chi connectivity index (χ4n) is 6.45. The van der Waals surface area contributed by atoms with Crippen molar-refractivity contribution in [3.8, 4) is 34.5 Å². The first-order chi connectivity index (χ1) is 25.6. The highest BCUT2D eigenvalue weighted by Crippen LogP contribution is 2.55. The third-order valence-corrected chi connectivity index (χ3v) is 9.26. The van der Waals surface area contributed by atoms with Gasteiger partial charge in [-0.2, -0.15) is 0 Å². The zero-order valence-electron chi connectivity index (χ0n) is 27.6. The maximum absolute atomic E-state index is 14.3. The number of carboxylic acids is 1. The average molecular weight is 759 g/mol. The van der Waals surface area contributed by atoms with Gasteiger partial charge >= 0.3 is 17.5 Å². The Kier molecular flexibility index (Phi) is 9.64. The maximum atomic E-state index is 14.3. The van der Waals surface area contributed by atoms with Crippen LogP contribution < -0.4 is 18.9 Å². The van der Waals surface area contributed by atoms with Gasteiger partial charge in [-0.05, 0) is 48.0 Å². The van der Waals surface area contributed by atoms with Crippen LogP contribution >= 0.6 is 0 Å². The fourth-order valence-corrected chi connectivity index (χ4v) is 6.45. The zero-order chi connectivity index (χ0) is 38.7. The molecule has 7 rings (SSSR count). The molecule has 2 fully saturated rings. The topological polar surface area (TPSA) is 301 Å². The van der Waals surface area contributed by atoms with Crippen molar-refractivity contribution in [2.75, 3.05) is 13.2 Å². The fraction of sp³-hybridized carbons (Fsp3) is 0.371. The van der Waals surface area contributed by atoms with Gasteiger partial charge in [-0.25, -0.2) is 4.79 Å². The minimum absolute atomic E-state index is 0.0570. The van der Waals surface area contributed by atoms with Crippen molar-refractivity contribution < 1.29 is 93.8 Å². The number of fused-ring (bicyclic) bond motifs is 3. The summed E-state index contributed by atoms with van der Waals surface area (Å²) in [7, 11) is 0. The Morgan fingerprint density at radius 2 is 1.57 bits per heavy atom. The SMILES string of the molecule is O=C(O)/C=C/c1ccc2c(c1)OC1(O)C(=O)c3c(O)cc(O[C@@H]4O[C@H](CO)[C@@H](O)[C@H](O)[C@H]4O[C@@H]4OC[C@H](O)[C@@H](O)[C@H]4O)cc3OC1(c1ccc(O)cc1)O2. The number of phenolic OH excluding ortho intramolecular Hbond substituents is 2. The first-order valence-corrected chi connectivity index (χ1v) is 16.3. The van der Waals surface area contributed by atoms with Crippen LogP contribution in [0.5, 0.6) is 34.5 Å². The summed E-state index contributed by atoms with van der Waals surface area (Å²) in [6.45, 7) is -1.28. The first-order valence-electron chi connectivity index (χ1n) is 16.3. The summed E-state index contributed by atoms with van der Waals surface area (Å²) in [6, 6.07) is 11.1. The summed E-state index contributed by atoms with van der Waals surface area (Å²) in [5.41, 5.74) is -0.375. The van der Waals surface area contributed by atoms with Gasteiger partial charge in [-0.3, -0.25) is 4.79 Å². The van der Waals surface area contributed by atoms with Crippen molar-refractivity contribution in [2.45, 2.75) is 66.9 Å². The molecule has 10 N–H and O–H groups in total. The highest BCUT2D eigenvalue weighted by molar-refractivity contribution is 6.08. The lowest BCUT2D eigenvalue weighted by Crippen LogP contribution is -2.70. The summed E-state index contributed by atoms with van der Waals surface area (Å²) >= 11 is 0. The minimum Gasteiger partial charge on any atom is -0.508 e. The van der Waals surface area contributed by atoms with E-state index in [1.807, 2.05) is 0 Å². The third kappa shape index (κ3) is 6.25. The van der Waals surface area contributed by atoms with Gasteiger partial charge in [0.1, 0.15) is 65.2 Å². The molecule has 0 saturated carbocycles. The summed E-state index contributed by atoms with van der Waals surface area (Å²) in [6.07, 6.45) is -13.1. The highest BCUT2D eigenvalue weighted by Gasteiger charge is 2.70. The van der Waals surface area contributed by atoms with Gasteiger partial charge in [0.25, 0.3) is 5.78 Å². The van der Waals surface area contributed by atoms with E-state index in [9.17, 15) is 55.5 Å². The molecule has 3 aromatic carbocycles. The molecule has 288 valence electrons. The second kappa shape index (κ2) is 14.0. The quantitative estimate of drug-likeness (QED) is 0.116. The predicted octanol–water partition coefficient (Wildman–Crippen LogP) is -1.57. The zero-order valence-corrected chi connectivity index (χ0v) is 27.6. The number of aliphatic carboxylic acids is 1. The van der Waals surface area contributed by atoms with Crippen molar-refractivity contribution in [3.63, 3.8) is 0 Å². The Labute approximate surface area is 303 Å². The molecule has 4 heterocycles. The van der Waals surface area contributed by atoms with E-state index in [-0.39, 0.29) is 28.6 Å². The Balaban J connectivity index is 1.26. The van der Waals surface area contributed by atoms with Gasteiger partial charge in [-0.1, -0.05) is 6.07 Å². The van der Waals surface area contributed by atoms with Crippen LogP contribution in [0.3, 0.4) is 0 Å². The summed E-state index contributed by atoms with van der Waals surface area (Å²) in [5.74, 6) is -10.2. The van der Waals surface area contributed by atoms with Crippen molar-refractivity contribution in [1.82, 2.24) is 0 Å². The van der Waals surface area contributed by atoms with Crippen LogP contribution in [0.1, 0.15) is 21.5 Å². The average Bonchev–Trinajstić information content (AvgIpc) is 3.13. The molecule has 3 aromatic rings. The Hall–Kier alpha value is -5.06. The normalized spacial score (nSPS) is 34.4. The smallest absolute Gasteiger partial charge is 0.357 e. The molecule has 0 bridgehead atoms. The van der Waals surface area contributed by atoms with Crippen molar-refractivity contribution >= 4 is 17.8 Å². The number of benzene rings is 3. The number of aliphatic hydroxyl groups excluding tert-OH is 6. The van der Waals surface area contributed by atoms with Crippen LogP contribution in [0.15, 0.2) is 60.7 Å². The molecule has 2 saturated heterocycles. The largest absolute Gasteiger partial charge is 0.508 e. The molecule has 4 aliphatic heterocycles. The number of hydrogen-bond donors (Lipinski definition) is 10. The highest BCUT2D eigenvalue weighted by atomic mass is 16.8. The molecule has 19 heteroatoms. The maximum Gasteiger partial charge on any atom is 0.357 e. The molecule has 4 aliphatic rings. The number of hydrogen-bond acceptors (Lipinski definition) is 18. The van der Waals surface area contributed by atoms with Gasteiger partial charge in [0.2, 0.25) is 6.29 Å². The van der Waals surface area contributed by atoms with Crippen molar-refractivity contribution in [3.05, 3.63) is 77.4 Å². The van der Waals surface area contributed by atoms with Crippen molar-refractivity contribution in [2.24, 2.45) is 0 Å². The molecular formula is C35H34O19. The number of carbonyl (C=O) groups excluding carboxylic acids is 1. The molecule has 19 nitrogen and oxygen atoms in total. The molecule has 2 unspecified atom stereocenters. The van der Waals surface area contributed by atoms with E-state index in [0.29, 0.717) is 5.56 Å². The molecule has 0 aliphatic carbocycles. The van der Waals surface area contributed by atoms with E-state index in [2.05, 4.69) is 0 Å². The monoisotopic (exact) mass is 758 g/mol. The van der Waals surface area contributed by atoms with Crippen molar-refractivity contribution in [1.29, 1.82) is 0 Å². The number of aromatic hydroxyl groups is 2. The Morgan fingerprint density at radius 3 is 2.28 bits per heavy atom. The van der Waals surface area contributed by atoms with E-state index in [4.69, 9.17) is 38.3 Å². The number of phenols is 2. The molecular weight excluding hydrogens is 724 g/mol. The van der Waals surface area contributed by atoms with Crippen LogP contribution in [-0.2, 0) is 24.8 Å². The molecule has 11 atom stereocenters. The molecule has 54 heavy (non-hydrogen) atoms. The number of carboxylic acid groups (broad SMARTS) is 1. The van der Waals surface area contributed by atoms with E-state index >= 15 is 0 Å². The number of rotatable bonds is 8. The number of ketones is 1. The van der Waals surface area contributed by atoms with Crippen LogP contribution in [0, 0.1) is 0 Å². The second-order valence-corrected chi connectivity index (χ2v) is 12.8. The standard InChI is InChI=1S/C35H34O19/c36-12-23-27(43)28(44)30(51-32-29(45)26(42)19(39)13-48-32)33(50-23)49-17-10-18(38)25-22(11-17)54-35(15-3-5-16(37)6-4-15)34(47,31(25)46)52-21-9-14(2-8-24(40)41)1-7-20(21)53-35/h1-11,19,23,26-30,32-33,36-39,42-45,47H,12-13H2,(H,40,41)/b8-2+/t19-,23+,26+,27+,28-,29+,30+,32-,33+,34?,35?/m0/s1. The Bertz CT molecular complexity index is 1950. The first kappa shape index (κ1) is 37.3. The summed E-state index contributed by atoms with van der Waals surface area (Å²) < 4.78 is 40.8. The number of Topliss-reactive ketones (excluding diaryl/α,β-unsaturated/α-hetero) is 1. The number of aliphatic hydroxyl groups is 7. The Morgan fingerprint density at radius 1 is 0.852 bits per heavy atom. The molecule has 0 amide bonds. The van der Waals surface area contributed by atoms with E-state index in [1.54, 1.807) is 0 Å². The van der Waals surface area contributed by atoms with Gasteiger partial charge in [-0.15, -0.1) is 0 Å². The van der Waals surface area contributed by atoms with Crippen LogP contribution in [0.4, 0.5) is 0 Å². The summed E-state index contributed by atoms with van der Waals surface area (Å²) in [5, 5.41) is 104. The molecule has 0 spiro atoms. The lowest BCUT2D eigenvalue weighted by molar-refractivity contribution is -0.345. The molecule has 0 aromatic heterocycles. The van der Waals surface area contributed by atoms with Crippen LogP contribution in [-0.4, -0.2) is 137 Å². The number of carbonyl (C=O) groups is 2. The van der Waals surface area contributed by atoms with Gasteiger partial charge in [0, 0.05) is 23.8 Å². The minimum atomic E-state index is -3.07. The van der Waals surface area contributed by atoms with E-state index in [0.717, 1.165) is 18.2 Å². The number of ether oxygens (including phenoxy) is 7. The van der Waals surface area contributed by atoms with E-state index < -0.39 is 109 Å². The summed E-state index contributed by atoms with van der Waals surface area (Å²) in [4.78, 5) is 25.3. The second-order valence-electron chi connectivity index (χ2n) is 12.8. The van der Waals surface area contributed by atoms with Gasteiger partial charge < -0.3 is 84.2 Å². The molecule has 0 radical (unpaired) electrons. The van der Waals surface area contributed by atoms with Gasteiger partial charge in [0.15, 0.2) is 23.9 Å². The lowest BCUT2D eigenvalue weighted by atomic mass is 9.85. The predicted molar refractivity (Wildman–Crippen MR) is 173 cm³/mol.